The van der Waals surface area contributed by atoms with Crippen molar-refractivity contribution in [1.29, 1.82) is 0 Å². The third-order valence-electron chi connectivity index (χ3n) is 3.47. The molecular weight excluding hydrogens is 284 g/mol. The monoisotopic (exact) mass is 304 g/mol. The molecule has 2 rings (SSSR count). The molecule has 118 valence electrons. The van der Waals surface area contributed by atoms with Crippen molar-refractivity contribution in [2.75, 3.05) is 11.4 Å². The largest absolute Gasteiger partial charge is 0.405 e. The summed E-state index contributed by atoms with van der Waals surface area (Å²) in [6.07, 6.45) is -2.09. The number of alkyl halides is 3. The zero-order valence-corrected chi connectivity index (χ0v) is 12.2. The molecule has 0 aromatic heterocycles. The second-order valence-electron chi connectivity index (χ2n) is 5.78. The van der Waals surface area contributed by atoms with Gasteiger partial charge >= 0.3 is 6.18 Å². The van der Waals surface area contributed by atoms with Crippen LogP contribution in [0.15, 0.2) is 18.2 Å². The molecule has 0 saturated heterocycles. The molecule has 0 atom stereocenters. The Hall–Kier alpha value is -1.30. The van der Waals surface area contributed by atoms with E-state index in [4.69, 9.17) is 0 Å². The van der Waals surface area contributed by atoms with Crippen molar-refractivity contribution >= 4 is 5.69 Å². The zero-order valence-electron chi connectivity index (χ0n) is 12.2. The van der Waals surface area contributed by atoms with Crippen molar-refractivity contribution in [2.45, 2.75) is 51.5 Å². The lowest BCUT2D eigenvalue weighted by molar-refractivity contribution is -0.120. The molecule has 0 unspecified atom stereocenters. The van der Waals surface area contributed by atoms with E-state index in [2.05, 4.69) is 5.32 Å². The predicted molar refractivity (Wildman–Crippen MR) is 74.8 cm³/mol. The standard InChI is InChI=1S/C15H20F4N2/c1-10(2)21(9-15(17,18)19)14-6-3-11(7-13(14)16)8-20-12-4-5-12/h3,6-7,10,12,20H,4-5,8-9H2,1-2H3. The van der Waals surface area contributed by atoms with E-state index in [0.29, 0.717) is 12.6 Å². The van der Waals surface area contributed by atoms with Crippen LogP contribution in [0.25, 0.3) is 0 Å². The lowest BCUT2D eigenvalue weighted by Crippen LogP contribution is -2.39. The SMILES string of the molecule is CC(C)N(CC(F)(F)F)c1ccc(CNC2CC2)cc1F. The summed E-state index contributed by atoms with van der Waals surface area (Å²) in [6.45, 7) is 2.63. The van der Waals surface area contributed by atoms with Gasteiger partial charge in [0.1, 0.15) is 12.4 Å². The van der Waals surface area contributed by atoms with Gasteiger partial charge in [-0.3, -0.25) is 0 Å². The van der Waals surface area contributed by atoms with Gasteiger partial charge in [-0.25, -0.2) is 4.39 Å². The summed E-state index contributed by atoms with van der Waals surface area (Å²) in [4.78, 5) is 1.04. The number of benzene rings is 1. The fourth-order valence-corrected chi connectivity index (χ4v) is 2.18. The van der Waals surface area contributed by atoms with Gasteiger partial charge in [0.2, 0.25) is 0 Å². The molecule has 0 radical (unpaired) electrons. The number of nitrogens with one attached hydrogen (secondary N) is 1. The van der Waals surface area contributed by atoms with E-state index in [1.807, 2.05) is 0 Å². The van der Waals surface area contributed by atoms with Gasteiger partial charge in [-0.15, -0.1) is 0 Å². The Morgan fingerprint density at radius 2 is 1.95 bits per heavy atom. The molecule has 0 aliphatic heterocycles. The van der Waals surface area contributed by atoms with Gasteiger partial charge in [-0.2, -0.15) is 13.2 Å². The Morgan fingerprint density at radius 3 is 2.43 bits per heavy atom. The average molecular weight is 304 g/mol. The number of rotatable bonds is 6. The van der Waals surface area contributed by atoms with E-state index in [0.717, 1.165) is 23.3 Å². The van der Waals surface area contributed by atoms with E-state index in [1.165, 1.54) is 12.1 Å². The second-order valence-corrected chi connectivity index (χ2v) is 5.78. The van der Waals surface area contributed by atoms with Crippen LogP contribution in [0.5, 0.6) is 0 Å². The smallest absolute Gasteiger partial charge is 0.358 e. The highest BCUT2D eigenvalue weighted by molar-refractivity contribution is 5.50. The minimum Gasteiger partial charge on any atom is -0.358 e. The van der Waals surface area contributed by atoms with E-state index >= 15 is 0 Å². The van der Waals surface area contributed by atoms with Gasteiger partial charge in [0.25, 0.3) is 0 Å². The Bertz CT molecular complexity index is 481. The van der Waals surface area contributed by atoms with Crippen LogP contribution in [-0.2, 0) is 6.54 Å². The number of nitrogens with zero attached hydrogens (tertiary/aromatic N) is 1. The van der Waals surface area contributed by atoms with Crippen LogP contribution < -0.4 is 10.2 Å². The van der Waals surface area contributed by atoms with Crippen LogP contribution >= 0.6 is 0 Å². The number of halogens is 4. The van der Waals surface area contributed by atoms with Crippen molar-refractivity contribution in [3.05, 3.63) is 29.6 Å². The topological polar surface area (TPSA) is 15.3 Å². The van der Waals surface area contributed by atoms with Crippen molar-refractivity contribution in [1.82, 2.24) is 5.32 Å². The first kappa shape index (κ1) is 16.1. The molecule has 6 heteroatoms. The molecule has 21 heavy (non-hydrogen) atoms. The maximum atomic E-state index is 14.1. The van der Waals surface area contributed by atoms with Gasteiger partial charge in [0.05, 0.1) is 5.69 Å². The van der Waals surface area contributed by atoms with Crippen LogP contribution in [-0.4, -0.2) is 24.8 Å². The highest BCUT2D eigenvalue weighted by atomic mass is 19.4. The first-order chi connectivity index (χ1) is 9.76. The summed E-state index contributed by atoms with van der Waals surface area (Å²) in [5.41, 5.74) is 0.747. The highest BCUT2D eigenvalue weighted by Crippen LogP contribution is 2.27. The molecule has 2 nitrogen and oxygen atoms in total. The van der Waals surface area contributed by atoms with Gasteiger partial charge in [-0.05, 0) is 44.4 Å². The molecule has 0 spiro atoms. The first-order valence-electron chi connectivity index (χ1n) is 7.11. The molecule has 0 amide bonds. The molecule has 1 N–H and O–H groups in total. The average Bonchev–Trinajstić information content (AvgIpc) is 3.17. The molecule has 1 aromatic rings. The Balaban J connectivity index is 2.12. The summed E-state index contributed by atoms with van der Waals surface area (Å²) >= 11 is 0. The molecule has 0 bridgehead atoms. The molecule has 1 fully saturated rings. The van der Waals surface area contributed by atoms with E-state index in [-0.39, 0.29) is 5.69 Å². The number of anilines is 1. The summed E-state index contributed by atoms with van der Waals surface area (Å²) in [6, 6.07) is 4.50. The molecular formula is C15H20F4N2. The Morgan fingerprint density at radius 1 is 1.29 bits per heavy atom. The predicted octanol–water partition coefficient (Wildman–Crippen LogP) is 3.85. The molecule has 1 aliphatic rings. The maximum Gasteiger partial charge on any atom is 0.405 e. The molecule has 1 aliphatic carbocycles. The minimum absolute atomic E-state index is 0.00232. The second kappa shape index (κ2) is 6.22. The highest BCUT2D eigenvalue weighted by Gasteiger charge is 2.33. The lowest BCUT2D eigenvalue weighted by Gasteiger charge is -2.30. The summed E-state index contributed by atoms with van der Waals surface area (Å²) in [7, 11) is 0. The molecule has 1 saturated carbocycles. The van der Waals surface area contributed by atoms with Crippen molar-refractivity contribution in [2.24, 2.45) is 0 Å². The van der Waals surface area contributed by atoms with Gasteiger partial charge < -0.3 is 10.2 Å². The van der Waals surface area contributed by atoms with Crippen molar-refractivity contribution in [3.63, 3.8) is 0 Å². The van der Waals surface area contributed by atoms with Crippen LogP contribution in [0.3, 0.4) is 0 Å². The number of hydrogen-bond acceptors (Lipinski definition) is 2. The summed E-state index contributed by atoms with van der Waals surface area (Å²) in [5, 5.41) is 3.25. The Kier molecular flexibility index (Phi) is 4.76. The minimum atomic E-state index is -4.36. The fourth-order valence-electron chi connectivity index (χ4n) is 2.18. The third-order valence-corrected chi connectivity index (χ3v) is 3.47. The normalized spacial score (nSPS) is 15.6. The fraction of sp³-hybridized carbons (Fsp3) is 0.600. The van der Waals surface area contributed by atoms with Crippen molar-refractivity contribution in [3.8, 4) is 0 Å². The van der Waals surface area contributed by atoms with E-state index in [1.54, 1.807) is 19.9 Å². The van der Waals surface area contributed by atoms with Crippen LogP contribution in [0.4, 0.5) is 23.2 Å². The van der Waals surface area contributed by atoms with E-state index in [9.17, 15) is 17.6 Å². The Labute approximate surface area is 122 Å². The van der Waals surface area contributed by atoms with Crippen LogP contribution in [0.2, 0.25) is 0 Å². The summed E-state index contributed by atoms with van der Waals surface area (Å²) < 4.78 is 52.0. The third kappa shape index (κ3) is 4.88. The van der Waals surface area contributed by atoms with Crippen molar-refractivity contribution < 1.29 is 17.6 Å². The number of hydrogen-bond donors (Lipinski definition) is 1. The zero-order chi connectivity index (χ0) is 15.6. The van der Waals surface area contributed by atoms with Gasteiger partial charge in [0, 0.05) is 18.6 Å². The van der Waals surface area contributed by atoms with Crippen LogP contribution in [0.1, 0.15) is 32.3 Å². The van der Waals surface area contributed by atoms with E-state index < -0.39 is 24.6 Å². The molecule has 1 aromatic carbocycles. The molecule has 0 heterocycles. The maximum absolute atomic E-state index is 14.1. The van der Waals surface area contributed by atoms with Crippen LogP contribution in [0, 0.1) is 5.82 Å². The first-order valence-corrected chi connectivity index (χ1v) is 7.11. The quantitative estimate of drug-likeness (QED) is 0.803. The van der Waals surface area contributed by atoms with Gasteiger partial charge in [0.15, 0.2) is 0 Å². The lowest BCUT2D eigenvalue weighted by atomic mass is 10.1. The van der Waals surface area contributed by atoms with Gasteiger partial charge in [-0.1, -0.05) is 6.07 Å². The summed E-state index contributed by atoms with van der Waals surface area (Å²) in [5.74, 6) is -0.608.